The Morgan fingerprint density at radius 2 is 2.39 bits per heavy atom. The van der Waals surface area contributed by atoms with Gasteiger partial charge in [-0.3, -0.25) is 9.78 Å². The van der Waals surface area contributed by atoms with Crippen LogP contribution in [0.3, 0.4) is 0 Å². The van der Waals surface area contributed by atoms with Gasteiger partial charge in [-0.05, 0) is 19.1 Å². The highest BCUT2D eigenvalue weighted by Crippen LogP contribution is 2.32. The molecule has 0 saturated carbocycles. The van der Waals surface area contributed by atoms with Crippen LogP contribution in [0.25, 0.3) is 10.2 Å². The first-order valence-corrected chi connectivity index (χ1v) is 6.39. The first-order chi connectivity index (χ1) is 8.50. The summed E-state index contributed by atoms with van der Waals surface area (Å²) in [5.41, 5.74) is 7.02. The van der Waals surface area contributed by atoms with Crippen molar-refractivity contribution >= 4 is 33.1 Å². The van der Waals surface area contributed by atoms with Gasteiger partial charge in [-0.1, -0.05) is 0 Å². The molecule has 0 aliphatic heterocycles. The minimum Gasteiger partial charge on any atom is -0.396 e. The van der Waals surface area contributed by atoms with Crippen LogP contribution < -0.4 is 5.73 Å². The molecular weight excluding hydrogens is 250 g/mol. The second-order valence-electron chi connectivity index (χ2n) is 4.23. The minimum absolute atomic E-state index is 0.184. The van der Waals surface area contributed by atoms with Gasteiger partial charge in [0.2, 0.25) is 0 Å². The molecule has 0 fully saturated rings. The molecule has 0 aliphatic carbocycles. The topological polar surface area (TPSA) is 79.5 Å². The number of aliphatic hydroxyl groups is 1. The van der Waals surface area contributed by atoms with Crippen LogP contribution >= 0.6 is 11.3 Å². The molecule has 2 heterocycles. The van der Waals surface area contributed by atoms with Crippen LogP contribution in [0.4, 0.5) is 5.69 Å². The Morgan fingerprint density at radius 3 is 3.00 bits per heavy atom. The van der Waals surface area contributed by atoms with Crippen molar-refractivity contribution in [3.05, 3.63) is 23.2 Å². The second kappa shape index (κ2) is 4.91. The zero-order chi connectivity index (χ0) is 13.3. The summed E-state index contributed by atoms with van der Waals surface area (Å²) in [6.45, 7) is 1.92. The number of nitrogens with zero attached hydrogens (tertiary/aromatic N) is 2. The first kappa shape index (κ1) is 12.8. The van der Waals surface area contributed by atoms with Crippen molar-refractivity contribution in [2.45, 2.75) is 13.0 Å². The molecule has 0 saturated heterocycles. The van der Waals surface area contributed by atoms with Crippen LogP contribution in [-0.2, 0) is 0 Å². The van der Waals surface area contributed by atoms with E-state index in [-0.39, 0.29) is 12.5 Å². The molecule has 5 nitrogen and oxygen atoms in total. The van der Waals surface area contributed by atoms with Crippen molar-refractivity contribution in [1.29, 1.82) is 0 Å². The second-order valence-corrected chi connectivity index (χ2v) is 5.28. The van der Waals surface area contributed by atoms with Gasteiger partial charge in [0.25, 0.3) is 5.91 Å². The molecular formula is C12H15N3O2S. The molecule has 2 aromatic heterocycles. The largest absolute Gasteiger partial charge is 0.396 e. The van der Waals surface area contributed by atoms with Crippen molar-refractivity contribution in [2.75, 3.05) is 19.3 Å². The number of anilines is 1. The van der Waals surface area contributed by atoms with Crippen molar-refractivity contribution < 1.29 is 9.90 Å². The van der Waals surface area contributed by atoms with E-state index in [1.807, 2.05) is 12.1 Å². The number of aliphatic hydroxyl groups excluding tert-OH is 1. The summed E-state index contributed by atoms with van der Waals surface area (Å²) in [5, 5.41) is 9.29. The van der Waals surface area contributed by atoms with Crippen molar-refractivity contribution in [2.24, 2.45) is 0 Å². The minimum atomic E-state index is -0.562. The summed E-state index contributed by atoms with van der Waals surface area (Å²) in [6.07, 6.45) is 1.09. The Balaban J connectivity index is 2.36. The van der Waals surface area contributed by atoms with Crippen LogP contribution in [-0.4, -0.2) is 40.6 Å². The SMILES string of the molecule is CC(O)CN(C)C(=O)c1sc2cccnc2c1N. The zero-order valence-electron chi connectivity index (χ0n) is 10.3. The lowest BCUT2D eigenvalue weighted by atomic mass is 10.3. The molecule has 0 aliphatic rings. The van der Waals surface area contributed by atoms with E-state index in [1.165, 1.54) is 16.2 Å². The summed E-state index contributed by atoms with van der Waals surface area (Å²) in [4.78, 5) is 18.3. The van der Waals surface area contributed by atoms with Crippen LogP contribution in [0.1, 0.15) is 16.6 Å². The van der Waals surface area contributed by atoms with E-state index in [4.69, 9.17) is 5.73 Å². The number of fused-ring (bicyclic) bond motifs is 1. The molecule has 96 valence electrons. The molecule has 1 unspecified atom stereocenters. The average molecular weight is 265 g/mol. The highest BCUT2D eigenvalue weighted by molar-refractivity contribution is 7.21. The molecule has 1 amide bonds. The quantitative estimate of drug-likeness (QED) is 0.877. The smallest absolute Gasteiger partial charge is 0.265 e. The molecule has 0 radical (unpaired) electrons. The maximum absolute atomic E-state index is 12.2. The summed E-state index contributed by atoms with van der Waals surface area (Å²) in [5.74, 6) is -0.184. The van der Waals surface area contributed by atoms with Gasteiger partial charge in [0, 0.05) is 19.8 Å². The third kappa shape index (κ3) is 2.30. The number of amides is 1. The fourth-order valence-corrected chi connectivity index (χ4v) is 2.83. The van der Waals surface area contributed by atoms with E-state index in [0.29, 0.717) is 16.1 Å². The van der Waals surface area contributed by atoms with E-state index >= 15 is 0 Å². The number of aromatic nitrogens is 1. The van der Waals surface area contributed by atoms with Crippen molar-refractivity contribution in [3.63, 3.8) is 0 Å². The zero-order valence-corrected chi connectivity index (χ0v) is 11.1. The van der Waals surface area contributed by atoms with Gasteiger partial charge < -0.3 is 15.7 Å². The number of pyridine rings is 1. The van der Waals surface area contributed by atoms with E-state index < -0.39 is 6.10 Å². The van der Waals surface area contributed by atoms with Gasteiger partial charge in [0.15, 0.2) is 0 Å². The third-order valence-electron chi connectivity index (χ3n) is 2.56. The van der Waals surface area contributed by atoms with Gasteiger partial charge >= 0.3 is 0 Å². The van der Waals surface area contributed by atoms with Gasteiger partial charge in [-0.2, -0.15) is 0 Å². The Bertz CT molecular complexity index is 580. The summed E-state index contributed by atoms with van der Waals surface area (Å²) >= 11 is 1.33. The Labute approximate surface area is 109 Å². The van der Waals surface area contributed by atoms with E-state index in [0.717, 1.165) is 4.70 Å². The average Bonchev–Trinajstić information content (AvgIpc) is 2.66. The van der Waals surface area contributed by atoms with Crippen LogP contribution in [0.2, 0.25) is 0 Å². The number of likely N-dealkylation sites (N-methyl/N-ethyl adjacent to an activating group) is 1. The number of rotatable bonds is 3. The molecule has 0 bridgehead atoms. The Morgan fingerprint density at radius 1 is 1.67 bits per heavy atom. The molecule has 1 atom stereocenters. The standard InChI is InChI=1S/C12H15N3O2S/c1-7(16)6-15(2)12(17)11-9(13)10-8(18-11)4-3-5-14-10/h3-5,7,16H,6,13H2,1-2H3. The maximum Gasteiger partial charge on any atom is 0.265 e. The van der Waals surface area contributed by atoms with Gasteiger partial charge in [-0.15, -0.1) is 11.3 Å². The van der Waals surface area contributed by atoms with Crippen LogP contribution in [0.5, 0.6) is 0 Å². The number of carbonyl (C=O) groups is 1. The van der Waals surface area contributed by atoms with E-state index in [1.54, 1.807) is 20.2 Å². The monoisotopic (exact) mass is 265 g/mol. The summed E-state index contributed by atoms with van der Waals surface area (Å²) in [7, 11) is 1.65. The predicted octanol–water partition coefficient (Wildman–Crippen LogP) is 1.33. The molecule has 0 spiro atoms. The Hall–Kier alpha value is -1.66. The lowest BCUT2D eigenvalue weighted by molar-refractivity contribution is 0.0709. The number of nitrogens with two attached hydrogens (primary N) is 1. The molecule has 3 N–H and O–H groups in total. The molecule has 2 aromatic rings. The lowest BCUT2D eigenvalue weighted by Gasteiger charge is -2.18. The predicted molar refractivity (Wildman–Crippen MR) is 72.7 cm³/mol. The fraction of sp³-hybridized carbons (Fsp3) is 0.333. The molecule has 2 rings (SSSR count). The highest BCUT2D eigenvalue weighted by atomic mass is 32.1. The molecule has 18 heavy (non-hydrogen) atoms. The lowest BCUT2D eigenvalue weighted by Crippen LogP contribution is -2.32. The number of hydrogen-bond acceptors (Lipinski definition) is 5. The normalized spacial score (nSPS) is 12.6. The van der Waals surface area contributed by atoms with Gasteiger partial charge in [0.05, 0.1) is 16.5 Å². The van der Waals surface area contributed by atoms with Crippen molar-refractivity contribution in [1.82, 2.24) is 9.88 Å². The molecule has 0 aromatic carbocycles. The van der Waals surface area contributed by atoms with Gasteiger partial charge in [0.1, 0.15) is 10.4 Å². The van der Waals surface area contributed by atoms with E-state index in [2.05, 4.69) is 4.98 Å². The summed E-state index contributed by atoms with van der Waals surface area (Å²) in [6, 6.07) is 3.70. The highest BCUT2D eigenvalue weighted by Gasteiger charge is 2.20. The maximum atomic E-state index is 12.2. The van der Waals surface area contributed by atoms with Crippen LogP contribution in [0.15, 0.2) is 18.3 Å². The van der Waals surface area contributed by atoms with Crippen molar-refractivity contribution in [3.8, 4) is 0 Å². The molecule has 6 heteroatoms. The summed E-state index contributed by atoms with van der Waals surface area (Å²) < 4.78 is 0.892. The first-order valence-electron chi connectivity index (χ1n) is 5.57. The number of nitrogen functional groups attached to an aromatic ring is 1. The van der Waals surface area contributed by atoms with E-state index in [9.17, 15) is 9.90 Å². The number of hydrogen-bond donors (Lipinski definition) is 2. The Kier molecular flexibility index (Phi) is 3.49. The van der Waals surface area contributed by atoms with Crippen LogP contribution in [0, 0.1) is 0 Å². The third-order valence-corrected chi connectivity index (χ3v) is 3.71. The van der Waals surface area contributed by atoms with Gasteiger partial charge in [-0.25, -0.2) is 0 Å². The number of thiophene rings is 1. The number of carbonyl (C=O) groups excluding carboxylic acids is 1. The fourth-order valence-electron chi connectivity index (χ4n) is 1.76.